The summed E-state index contributed by atoms with van der Waals surface area (Å²) in [6, 6.07) is 12.9. The Morgan fingerprint density at radius 3 is 2.52 bits per heavy atom. The average Bonchev–Trinajstić information content (AvgIpc) is 2.99. The van der Waals surface area contributed by atoms with Crippen molar-refractivity contribution < 1.29 is 14.2 Å². The summed E-state index contributed by atoms with van der Waals surface area (Å²) in [5.41, 5.74) is 3.76. The van der Waals surface area contributed by atoms with Gasteiger partial charge in [0.15, 0.2) is 0 Å². The largest absolute Gasteiger partial charge is 0.497 e. The number of β-amino-alcohol motifs (C(OH)–C–C–N with tert-alkyl or cyclic N) is 1. The van der Waals surface area contributed by atoms with Gasteiger partial charge in [-0.2, -0.15) is 0 Å². The maximum atomic E-state index is 14.1. The van der Waals surface area contributed by atoms with E-state index in [-0.39, 0.29) is 5.82 Å². The summed E-state index contributed by atoms with van der Waals surface area (Å²) >= 11 is 0. The van der Waals surface area contributed by atoms with Crippen molar-refractivity contribution in [2.75, 3.05) is 44.7 Å². The zero-order valence-electron chi connectivity index (χ0n) is 17.2. The molecular weight excluding hydrogens is 369 g/mol. The lowest BCUT2D eigenvalue weighted by Crippen LogP contribution is -2.47. The molecule has 5 nitrogen and oxygen atoms in total. The highest BCUT2D eigenvalue weighted by Crippen LogP contribution is 2.33. The molecule has 6 heteroatoms. The van der Waals surface area contributed by atoms with Crippen LogP contribution in [0.2, 0.25) is 0 Å². The fourth-order valence-electron chi connectivity index (χ4n) is 4.34. The van der Waals surface area contributed by atoms with Crippen molar-refractivity contribution in [2.24, 2.45) is 7.05 Å². The second kappa shape index (κ2) is 8.05. The van der Waals surface area contributed by atoms with E-state index in [1.807, 2.05) is 44.3 Å². The number of anilines is 1. The van der Waals surface area contributed by atoms with Gasteiger partial charge in [-0.1, -0.05) is 12.1 Å². The van der Waals surface area contributed by atoms with Crippen molar-refractivity contribution in [1.82, 2.24) is 9.47 Å². The molecule has 0 bridgehead atoms. The van der Waals surface area contributed by atoms with Gasteiger partial charge >= 0.3 is 0 Å². The van der Waals surface area contributed by atoms with Crippen molar-refractivity contribution in [3.05, 3.63) is 59.5 Å². The van der Waals surface area contributed by atoms with Crippen molar-refractivity contribution in [3.63, 3.8) is 0 Å². The third-order valence-corrected chi connectivity index (χ3v) is 6.08. The van der Waals surface area contributed by atoms with E-state index in [1.165, 1.54) is 6.07 Å². The van der Waals surface area contributed by atoms with Gasteiger partial charge in [-0.25, -0.2) is 4.39 Å². The van der Waals surface area contributed by atoms with E-state index in [9.17, 15) is 9.50 Å². The van der Waals surface area contributed by atoms with Crippen LogP contribution < -0.4 is 9.64 Å². The van der Waals surface area contributed by atoms with E-state index in [4.69, 9.17) is 4.74 Å². The monoisotopic (exact) mass is 397 g/mol. The third-order valence-electron chi connectivity index (χ3n) is 6.08. The van der Waals surface area contributed by atoms with Crippen LogP contribution in [0.5, 0.6) is 5.75 Å². The lowest BCUT2D eigenvalue weighted by Gasteiger charge is -2.37. The summed E-state index contributed by atoms with van der Waals surface area (Å²) < 4.78 is 21.5. The number of para-hydroxylation sites is 1. The number of nitrogens with zero attached hydrogens (tertiary/aromatic N) is 3. The van der Waals surface area contributed by atoms with Gasteiger partial charge in [0.2, 0.25) is 0 Å². The van der Waals surface area contributed by atoms with Gasteiger partial charge in [0.25, 0.3) is 0 Å². The number of hydrogen-bond donors (Lipinski definition) is 1. The van der Waals surface area contributed by atoms with Gasteiger partial charge in [0.05, 0.1) is 18.9 Å². The van der Waals surface area contributed by atoms with Crippen molar-refractivity contribution in [2.45, 2.75) is 13.0 Å². The Morgan fingerprint density at radius 1 is 1.10 bits per heavy atom. The van der Waals surface area contributed by atoms with E-state index < -0.39 is 6.10 Å². The number of methoxy groups -OCH3 is 1. The standard InChI is InChI=1S/C23H28FN3O2/c1-16-23(18-14-17(29-3)8-9-20(18)25(16)2)22(28)15-26-10-12-27(13-11-26)21-7-5-4-6-19(21)24/h4-9,14,22,28H,10-13,15H2,1-3H3/t22-/m1/s1. The SMILES string of the molecule is COc1ccc2c(c1)c([C@H](O)CN1CCN(c3ccccc3F)CC1)c(C)n2C. The van der Waals surface area contributed by atoms with Crippen LogP contribution in [0.25, 0.3) is 10.9 Å². The molecule has 4 rings (SSSR count). The minimum atomic E-state index is -0.592. The van der Waals surface area contributed by atoms with E-state index in [0.717, 1.165) is 54.1 Å². The quantitative estimate of drug-likeness (QED) is 0.716. The lowest BCUT2D eigenvalue weighted by atomic mass is 10.0. The molecule has 0 amide bonds. The predicted octanol–water partition coefficient (Wildman–Crippen LogP) is 3.49. The molecule has 1 fully saturated rings. The minimum Gasteiger partial charge on any atom is -0.497 e. The molecule has 1 aliphatic rings. The van der Waals surface area contributed by atoms with E-state index in [2.05, 4.69) is 14.4 Å². The maximum Gasteiger partial charge on any atom is 0.146 e. The van der Waals surface area contributed by atoms with Crippen LogP contribution in [0.1, 0.15) is 17.4 Å². The molecule has 1 saturated heterocycles. The molecule has 29 heavy (non-hydrogen) atoms. The number of rotatable bonds is 5. The summed E-state index contributed by atoms with van der Waals surface area (Å²) in [6.07, 6.45) is -0.592. The summed E-state index contributed by atoms with van der Waals surface area (Å²) in [6.45, 7) is 5.67. The second-order valence-corrected chi connectivity index (χ2v) is 7.70. The lowest BCUT2D eigenvalue weighted by molar-refractivity contribution is 0.110. The van der Waals surface area contributed by atoms with Crippen molar-refractivity contribution in [1.29, 1.82) is 0 Å². The zero-order chi connectivity index (χ0) is 20.5. The molecule has 2 heterocycles. The summed E-state index contributed by atoms with van der Waals surface area (Å²) in [5.74, 6) is 0.608. The topological polar surface area (TPSA) is 40.9 Å². The number of piperazine rings is 1. The smallest absolute Gasteiger partial charge is 0.146 e. The highest BCUT2D eigenvalue weighted by Gasteiger charge is 2.25. The number of halogens is 1. The van der Waals surface area contributed by atoms with Gasteiger partial charge in [-0.15, -0.1) is 0 Å². The van der Waals surface area contributed by atoms with Crippen LogP contribution in [-0.4, -0.2) is 54.4 Å². The molecule has 0 unspecified atom stereocenters. The fraction of sp³-hybridized carbons (Fsp3) is 0.391. The van der Waals surface area contributed by atoms with Gasteiger partial charge in [0.1, 0.15) is 11.6 Å². The Balaban J connectivity index is 1.49. The Hall–Kier alpha value is -2.57. The van der Waals surface area contributed by atoms with E-state index in [0.29, 0.717) is 12.2 Å². The number of fused-ring (bicyclic) bond motifs is 1. The first kappa shape index (κ1) is 19.7. The average molecular weight is 397 g/mol. The first-order valence-corrected chi connectivity index (χ1v) is 10.0. The van der Waals surface area contributed by atoms with Gasteiger partial charge in [0, 0.05) is 61.9 Å². The van der Waals surface area contributed by atoms with Crippen LogP contribution in [0.3, 0.4) is 0 Å². The molecule has 1 atom stereocenters. The molecule has 0 saturated carbocycles. The van der Waals surface area contributed by atoms with Crippen molar-refractivity contribution in [3.8, 4) is 5.75 Å². The molecule has 2 aromatic carbocycles. The van der Waals surface area contributed by atoms with Crippen LogP contribution in [0.4, 0.5) is 10.1 Å². The minimum absolute atomic E-state index is 0.179. The Labute approximate surface area is 170 Å². The summed E-state index contributed by atoms with van der Waals surface area (Å²) in [4.78, 5) is 4.33. The zero-order valence-corrected chi connectivity index (χ0v) is 17.2. The normalized spacial score (nSPS) is 16.4. The molecule has 3 aromatic rings. The third kappa shape index (κ3) is 3.70. The highest BCUT2D eigenvalue weighted by atomic mass is 19.1. The van der Waals surface area contributed by atoms with Crippen molar-refractivity contribution >= 4 is 16.6 Å². The molecule has 0 spiro atoms. The summed E-state index contributed by atoms with van der Waals surface area (Å²) in [5, 5.41) is 12.1. The van der Waals surface area contributed by atoms with Gasteiger partial charge < -0.3 is 19.3 Å². The summed E-state index contributed by atoms with van der Waals surface area (Å²) in [7, 11) is 3.68. The Morgan fingerprint density at radius 2 is 1.83 bits per heavy atom. The van der Waals surface area contributed by atoms with Crippen LogP contribution in [-0.2, 0) is 7.05 Å². The van der Waals surface area contributed by atoms with Crippen LogP contribution in [0, 0.1) is 12.7 Å². The van der Waals surface area contributed by atoms with Gasteiger partial charge in [-0.3, -0.25) is 4.90 Å². The van der Waals surface area contributed by atoms with Gasteiger partial charge in [-0.05, 0) is 37.3 Å². The molecule has 0 radical (unpaired) electrons. The maximum absolute atomic E-state index is 14.1. The van der Waals surface area contributed by atoms with Crippen LogP contribution in [0.15, 0.2) is 42.5 Å². The Kier molecular flexibility index (Phi) is 5.48. The van der Waals surface area contributed by atoms with E-state index >= 15 is 0 Å². The predicted molar refractivity (Wildman–Crippen MR) is 114 cm³/mol. The number of aromatic nitrogens is 1. The van der Waals surface area contributed by atoms with E-state index in [1.54, 1.807) is 13.2 Å². The number of aliphatic hydroxyl groups excluding tert-OH is 1. The molecule has 154 valence electrons. The molecule has 1 aromatic heterocycles. The van der Waals surface area contributed by atoms with Crippen LogP contribution >= 0.6 is 0 Å². The fourth-order valence-corrected chi connectivity index (χ4v) is 4.34. The number of aryl methyl sites for hydroxylation is 1. The molecule has 1 N–H and O–H groups in total. The molecular formula is C23H28FN3O2. The molecule has 0 aliphatic carbocycles. The number of aliphatic hydroxyl groups is 1. The molecule has 1 aliphatic heterocycles. The second-order valence-electron chi connectivity index (χ2n) is 7.70. The number of hydrogen-bond acceptors (Lipinski definition) is 4. The number of benzene rings is 2. The number of ether oxygens (including phenoxy) is 1. The highest BCUT2D eigenvalue weighted by molar-refractivity contribution is 5.87. The first-order chi connectivity index (χ1) is 14.0. The first-order valence-electron chi connectivity index (χ1n) is 10.0. The Bertz CT molecular complexity index is 1010.